The summed E-state index contributed by atoms with van der Waals surface area (Å²) in [5, 5.41) is 2.62. The van der Waals surface area contributed by atoms with Crippen molar-refractivity contribution < 1.29 is 28.5 Å². The number of carbonyl (C=O) groups excluding carboxylic acids is 2. The highest BCUT2D eigenvalue weighted by atomic mass is 16.5. The Morgan fingerprint density at radius 1 is 0.963 bits per heavy atom. The summed E-state index contributed by atoms with van der Waals surface area (Å²) in [6, 6.07) is 12.2. The number of nitrogens with one attached hydrogen (secondary N) is 1. The molecular weight excluding hydrogens is 350 g/mol. The SMILES string of the molecule is COc1cc(NC(=O)COC(=O)/C=C/c2ccccc2OC)cc(OC)c1. The minimum atomic E-state index is -0.640. The van der Waals surface area contributed by atoms with E-state index < -0.39 is 18.5 Å². The van der Waals surface area contributed by atoms with Crippen molar-refractivity contribution in [2.45, 2.75) is 0 Å². The van der Waals surface area contributed by atoms with E-state index in [9.17, 15) is 9.59 Å². The van der Waals surface area contributed by atoms with Crippen LogP contribution in [0.15, 0.2) is 48.5 Å². The van der Waals surface area contributed by atoms with Gasteiger partial charge in [-0.15, -0.1) is 0 Å². The first kappa shape index (κ1) is 19.8. The summed E-state index contributed by atoms with van der Waals surface area (Å²) in [7, 11) is 4.56. The Bertz CT molecular complexity index is 809. The van der Waals surface area contributed by atoms with E-state index in [0.717, 1.165) is 5.56 Å². The van der Waals surface area contributed by atoms with Crippen molar-refractivity contribution in [3.05, 3.63) is 54.1 Å². The molecule has 1 N–H and O–H groups in total. The summed E-state index contributed by atoms with van der Waals surface area (Å²) < 4.78 is 20.4. The van der Waals surface area contributed by atoms with Crippen LogP contribution in [0.1, 0.15) is 5.56 Å². The molecule has 2 rings (SSSR count). The van der Waals surface area contributed by atoms with Gasteiger partial charge in [0, 0.05) is 35.5 Å². The third kappa shape index (κ3) is 6.07. The number of para-hydroxylation sites is 1. The standard InChI is InChI=1S/C20H21NO6/c1-24-16-10-15(11-17(12-16)25-2)21-19(22)13-27-20(23)9-8-14-6-4-5-7-18(14)26-3/h4-12H,13H2,1-3H3,(H,21,22)/b9-8+. The number of benzene rings is 2. The van der Waals surface area contributed by atoms with Gasteiger partial charge >= 0.3 is 5.97 Å². The Hall–Kier alpha value is -3.48. The van der Waals surface area contributed by atoms with E-state index in [2.05, 4.69) is 5.32 Å². The maximum absolute atomic E-state index is 12.0. The van der Waals surface area contributed by atoms with Gasteiger partial charge in [0.2, 0.25) is 0 Å². The molecule has 0 spiro atoms. The van der Waals surface area contributed by atoms with E-state index in [1.807, 2.05) is 12.1 Å². The molecule has 0 aliphatic carbocycles. The summed E-state index contributed by atoms with van der Waals surface area (Å²) in [4.78, 5) is 23.8. The van der Waals surface area contributed by atoms with Gasteiger partial charge in [-0.25, -0.2) is 4.79 Å². The molecule has 0 heterocycles. The molecule has 0 saturated carbocycles. The first-order valence-corrected chi connectivity index (χ1v) is 8.06. The average molecular weight is 371 g/mol. The van der Waals surface area contributed by atoms with Crippen molar-refractivity contribution in [1.82, 2.24) is 0 Å². The highest BCUT2D eigenvalue weighted by Crippen LogP contribution is 2.25. The number of ether oxygens (including phenoxy) is 4. The highest BCUT2D eigenvalue weighted by molar-refractivity contribution is 5.95. The van der Waals surface area contributed by atoms with Gasteiger partial charge in [-0.3, -0.25) is 4.79 Å². The van der Waals surface area contributed by atoms with Crippen LogP contribution in [0.2, 0.25) is 0 Å². The first-order valence-electron chi connectivity index (χ1n) is 8.06. The number of methoxy groups -OCH3 is 3. The Morgan fingerprint density at radius 2 is 1.63 bits per heavy atom. The van der Waals surface area contributed by atoms with E-state index in [1.54, 1.807) is 43.5 Å². The molecule has 0 aliphatic rings. The lowest BCUT2D eigenvalue weighted by Gasteiger charge is -2.10. The van der Waals surface area contributed by atoms with Crippen LogP contribution in [0.5, 0.6) is 17.2 Å². The molecule has 0 fully saturated rings. The van der Waals surface area contributed by atoms with Crippen LogP contribution in [0.4, 0.5) is 5.69 Å². The predicted octanol–water partition coefficient (Wildman–Crippen LogP) is 2.91. The number of esters is 1. The van der Waals surface area contributed by atoms with Crippen LogP contribution in [0.3, 0.4) is 0 Å². The van der Waals surface area contributed by atoms with Gasteiger partial charge in [0.25, 0.3) is 5.91 Å². The Labute approximate surface area is 157 Å². The molecule has 27 heavy (non-hydrogen) atoms. The molecule has 7 nitrogen and oxygen atoms in total. The van der Waals surface area contributed by atoms with Crippen LogP contribution in [-0.4, -0.2) is 39.8 Å². The van der Waals surface area contributed by atoms with Crippen LogP contribution in [0, 0.1) is 0 Å². The predicted molar refractivity (Wildman–Crippen MR) is 101 cm³/mol. The molecule has 0 bridgehead atoms. The fourth-order valence-corrected chi connectivity index (χ4v) is 2.22. The fraction of sp³-hybridized carbons (Fsp3) is 0.200. The molecular formula is C20H21NO6. The van der Waals surface area contributed by atoms with Gasteiger partial charge < -0.3 is 24.3 Å². The number of carbonyl (C=O) groups is 2. The van der Waals surface area contributed by atoms with Crippen molar-refractivity contribution in [3.8, 4) is 17.2 Å². The largest absolute Gasteiger partial charge is 0.497 e. The Balaban J connectivity index is 1.90. The molecule has 142 valence electrons. The molecule has 1 amide bonds. The van der Waals surface area contributed by atoms with Crippen LogP contribution < -0.4 is 19.5 Å². The second-order valence-electron chi connectivity index (χ2n) is 5.33. The van der Waals surface area contributed by atoms with Crippen molar-refractivity contribution in [2.75, 3.05) is 33.3 Å². The minimum Gasteiger partial charge on any atom is -0.497 e. The average Bonchev–Trinajstić information content (AvgIpc) is 2.70. The number of anilines is 1. The molecule has 2 aromatic carbocycles. The zero-order valence-electron chi connectivity index (χ0n) is 15.4. The maximum atomic E-state index is 12.0. The van der Waals surface area contributed by atoms with E-state index in [-0.39, 0.29) is 0 Å². The maximum Gasteiger partial charge on any atom is 0.331 e. The lowest BCUT2D eigenvalue weighted by atomic mass is 10.2. The van der Waals surface area contributed by atoms with Crippen molar-refractivity contribution in [1.29, 1.82) is 0 Å². The molecule has 2 aromatic rings. The van der Waals surface area contributed by atoms with Crippen molar-refractivity contribution >= 4 is 23.6 Å². The van der Waals surface area contributed by atoms with Crippen LogP contribution >= 0.6 is 0 Å². The summed E-state index contributed by atoms with van der Waals surface area (Å²) in [5.74, 6) is 0.567. The fourth-order valence-electron chi connectivity index (χ4n) is 2.22. The number of rotatable bonds is 8. The summed E-state index contributed by atoms with van der Waals surface area (Å²) in [5.41, 5.74) is 1.20. The summed E-state index contributed by atoms with van der Waals surface area (Å²) in [6.07, 6.45) is 2.80. The summed E-state index contributed by atoms with van der Waals surface area (Å²) >= 11 is 0. The molecule has 7 heteroatoms. The first-order chi connectivity index (χ1) is 13.0. The number of amides is 1. The van der Waals surface area contributed by atoms with Gasteiger partial charge in [-0.1, -0.05) is 18.2 Å². The second kappa shape index (κ2) is 9.86. The zero-order chi connectivity index (χ0) is 19.6. The van der Waals surface area contributed by atoms with Crippen LogP contribution in [0.25, 0.3) is 6.08 Å². The third-order valence-corrected chi connectivity index (χ3v) is 3.52. The minimum absolute atomic E-state index is 0.422. The highest BCUT2D eigenvalue weighted by Gasteiger charge is 2.08. The summed E-state index contributed by atoms with van der Waals surface area (Å²) in [6.45, 7) is -0.422. The van der Waals surface area contributed by atoms with Crippen molar-refractivity contribution in [2.24, 2.45) is 0 Å². The smallest absolute Gasteiger partial charge is 0.331 e. The van der Waals surface area contributed by atoms with Crippen molar-refractivity contribution in [3.63, 3.8) is 0 Å². The normalized spacial score (nSPS) is 10.3. The van der Waals surface area contributed by atoms with Crippen LogP contribution in [-0.2, 0) is 14.3 Å². The third-order valence-electron chi connectivity index (χ3n) is 3.52. The zero-order valence-corrected chi connectivity index (χ0v) is 15.4. The topological polar surface area (TPSA) is 83.1 Å². The molecule has 0 unspecified atom stereocenters. The lowest BCUT2D eigenvalue weighted by Crippen LogP contribution is -2.20. The van der Waals surface area contributed by atoms with E-state index in [4.69, 9.17) is 18.9 Å². The van der Waals surface area contributed by atoms with E-state index >= 15 is 0 Å². The van der Waals surface area contributed by atoms with Gasteiger partial charge in [-0.2, -0.15) is 0 Å². The molecule has 0 radical (unpaired) electrons. The van der Waals surface area contributed by atoms with Gasteiger partial charge in [0.1, 0.15) is 17.2 Å². The number of hydrogen-bond acceptors (Lipinski definition) is 6. The van der Waals surface area contributed by atoms with Gasteiger partial charge in [-0.05, 0) is 12.1 Å². The lowest BCUT2D eigenvalue weighted by molar-refractivity contribution is -0.142. The molecule has 0 aromatic heterocycles. The van der Waals surface area contributed by atoms with E-state index in [1.165, 1.54) is 20.3 Å². The Morgan fingerprint density at radius 3 is 2.26 bits per heavy atom. The molecule has 0 atom stereocenters. The van der Waals surface area contributed by atoms with E-state index in [0.29, 0.717) is 22.9 Å². The molecule has 0 saturated heterocycles. The monoisotopic (exact) mass is 371 g/mol. The molecule has 0 aliphatic heterocycles. The Kier molecular flexibility index (Phi) is 7.25. The number of hydrogen-bond donors (Lipinski definition) is 1. The van der Waals surface area contributed by atoms with Gasteiger partial charge in [0.15, 0.2) is 6.61 Å². The second-order valence-corrected chi connectivity index (χ2v) is 5.33. The van der Waals surface area contributed by atoms with Gasteiger partial charge in [0.05, 0.1) is 21.3 Å². The quantitative estimate of drug-likeness (QED) is 0.567.